The van der Waals surface area contributed by atoms with Gasteiger partial charge in [0, 0.05) is 17.3 Å². The van der Waals surface area contributed by atoms with Gasteiger partial charge >= 0.3 is 0 Å². The minimum atomic E-state index is -0.334. The lowest BCUT2D eigenvalue weighted by molar-refractivity contribution is -0.120. The van der Waals surface area contributed by atoms with E-state index in [4.69, 9.17) is 17.3 Å². The largest absolute Gasteiger partial charge is 0.375 e. The van der Waals surface area contributed by atoms with E-state index in [0.717, 1.165) is 0 Å². The molecule has 0 bridgehead atoms. The van der Waals surface area contributed by atoms with Crippen molar-refractivity contribution in [3.63, 3.8) is 0 Å². The minimum Gasteiger partial charge on any atom is -0.375 e. The van der Waals surface area contributed by atoms with Gasteiger partial charge in [-0.2, -0.15) is 5.10 Å². The van der Waals surface area contributed by atoms with E-state index in [2.05, 4.69) is 25.8 Å². The fourth-order valence-electron chi connectivity index (χ4n) is 1.67. The standard InChI is InChI=1S/C14H15ClN6O2S/c1-8(4-12(22)19-11-3-2-9(15)6-17-11)20-21-13(23)5-10-7-24-14(16)18-10/h2-3,6-7H,4-5H2,1H3,(H2,16,18)(H,21,23)(H,17,19,22). The lowest BCUT2D eigenvalue weighted by atomic mass is 10.3. The predicted molar refractivity (Wildman–Crippen MR) is 94.0 cm³/mol. The van der Waals surface area contributed by atoms with Gasteiger partial charge in [0.25, 0.3) is 0 Å². The smallest absolute Gasteiger partial charge is 0.246 e. The van der Waals surface area contributed by atoms with Crippen LogP contribution in [0.4, 0.5) is 10.9 Å². The third kappa shape index (κ3) is 5.94. The molecule has 0 saturated carbocycles. The summed E-state index contributed by atoms with van der Waals surface area (Å²) >= 11 is 6.98. The molecule has 24 heavy (non-hydrogen) atoms. The molecule has 0 atom stereocenters. The predicted octanol–water partition coefficient (Wildman–Crippen LogP) is 1.84. The van der Waals surface area contributed by atoms with Crippen LogP contribution >= 0.6 is 22.9 Å². The topological polar surface area (TPSA) is 122 Å². The Hall–Kier alpha value is -2.52. The van der Waals surface area contributed by atoms with Crippen molar-refractivity contribution in [2.24, 2.45) is 5.10 Å². The normalized spacial score (nSPS) is 11.2. The third-order valence-electron chi connectivity index (χ3n) is 2.69. The maximum Gasteiger partial charge on any atom is 0.246 e. The van der Waals surface area contributed by atoms with E-state index in [1.165, 1.54) is 17.5 Å². The summed E-state index contributed by atoms with van der Waals surface area (Å²) in [6.45, 7) is 1.63. The number of pyridine rings is 1. The van der Waals surface area contributed by atoms with Crippen LogP contribution in [0.3, 0.4) is 0 Å². The molecule has 0 fully saturated rings. The van der Waals surface area contributed by atoms with Crippen LogP contribution in [0.25, 0.3) is 0 Å². The average molecular weight is 367 g/mol. The first-order chi connectivity index (χ1) is 11.4. The number of anilines is 2. The lowest BCUT2D eigenvalue weighted by Gasteiger charge is -2.04. The summed E-state index contributed by atoms with van der Waals surface area (Å²) in [7, 11) is 0. The fourth-order valence-corrected chi connectivity index (χ4v) is 2.35. The van der Waals surface area contributed by atoms with Crippen molar-refractivity contribution in [1.82, 2.24) is 15.4 Å². The summed E-state index contributed by atoms with van der Waals surface area (Å²) < 4.78 is 0. The van der Waals surface area contributed by atoms with Crippen LogP contribution in [0.2, 0.25) is 5.02 Å². The van der Waals surface area contributed by atoms with Crippen LogP contribution in [0, 0.1) is 0 Å². The van der Waals surface area contributed by atoms with Crippen LogP contribution in [-0.4, -0.2) is 27.5 Å². The first kappa shape index (κ1) is 17.8. The lowest BCUT2D eigenvalue weighted by Crippen LogP contribution is -2.23. The number of amides is 2. The quantitative estimate of drug-likeness (QED) is 0.531. The van der Waals surface area contributed by atoms with Crippen molar-refractivity contribution in [2.75, 3.05) is 11.1 Å². The van der Waals surface area contributed by atoms with Crippen LogP contribution in [0.15, 0.2) is 28.8 Å². The van der Waals surface area contributed by atoms with Crippen LogP contribution in [0.5, 0.6) is 0 Å². The van der Waals surface area contributed by atoms with Gasteiger partial charge in [0.2, 0.25) is 11.8 Å². The monoisotopic (exact) mass is 366 g/mol. The number of carbonyl (C=O) groups excluding carboxylic acids is 2. The number of halogens is 1. The van der Waals surface area contributed by atoms with Crippen molar-refractivity contribution >= 4 is 51.4 Å². The number of hydrogen-bond acceptors (Lipinski definition) is 7. The zero-order chi connectivity index (χ0) is 17.5. The van der Waals surface area contributed by atoms with Gasteiger partial charge < -0.3 is 11.1 Å². The van der Waals surface area contributed by atoms with Gasteiger partial charge in [-0.05, 0) is 19.1 Å². The molecule has 2 rings (SSSR count). The van der Waals surface area contributed by atoms with Crippen LogP contribution in [-0.2, 0) is 16.0 Å². The second-order valence-electron chi connectivity index (χ2n) is 4.82. The number of nitrogens with zero attached hydrogens (tertiary/aromatic N) is 3. The SMILES string of the molecule is CC(CC(=O)Nc1ccc(Cl)cn1)=NNC(=O)Cc1csc(N)n1. The van der Waals surface area contributed by atoms with Gasteiger partial charge in [-0.15, -0.1) is 11.3 Å². The Labute approximate surface area is 147 Å². The molecule has 0 aliphatic rings. The Bertz CT molecular complexity index is 759. The Morgan fingerprint density at radius 1 is 1.38 bits per heavy atom. The Morgan fingerprint density at radius 3 is 2.79 bits per heavy atom. The molecule has 0 spiro atoms. The summed E-state index contributed by atoms with van der Waals surface area (Å²) in [5.41, 5.74) is 8.90. The molecular formula is C14H15ClN6O2S. The number of nitrogens with one attached hydrogen (secondary N) is 2. The third-order valence-corrected chi connectivity index (χ3v) is 3.64. The first-order valence-corrected chi connectivity index (χ1v) is 8.11. The maximum atomic E-state index is 11.8. The minimum absolute atomic E-state index is 0.0221. The zero-order valence-electron chi connectivity index (χ0n) is 12.7. The van der Waals surface area contributed by atoms with E-state index in [9.17, 15) is 9.59 Å². The number of aromatic nitrogens is 2. The molecule has 0 aliphatic heterocycles. The van der Waals surface area contributed by atoms with Crippen molar-refractivity contribution < 1.29 is 9.59 Å². The molecule has 2 aromatic heterocycles. The average Bonchev–Trinajstić information content (AvgIpc) is 2.92. The van der Waals surface area contributed by atoms with Crippen LogP contribution in [0.1, 0.15) is 19.0 Å². The summed E-state index contributed by atoms with van der Waals surface area (Å²) in [5.74, 6) is -0.241. The molecule has 0 aromatic carbocycles. The highest BCUT2D eigenvalue weighted by atomic mass is 35.5. The van der Waals surface area contributed by atoms with Gasteiger partial charge in [-0.25, -0.2) is 15.4 Å². The molecule has 2 aromatic rings. The Morgan fingerprint density at radius 2 is 2.17 bits per heavy atom. The van der Waals surface area contributed by atoms with Gasteiger partial charge in [-0.3, -0.25) is 9.59 Å². The van der Waals surface area contributed by atoms with Crippen molar-refractivity contribution in [1.29, 1.82) is 0 Å². The van der Waals surface area contributed by atoms with Crippen molar-refractivity contribution in [3.05, 3.63) is 34.4 Å². The zero-order valence-corrected chi connectivity index (χ0v) is 14.3. The van der Waals surface area contributed by atoms with Gasteiger partial charge in [0.15, 0.2) is 5.13 Å². The van der Waals surface area contributed by atoms with Gasteiger partial charge in [0.1, 0.15) is 5.82 Å². The molecule has 0 aliphatic carbocycles. The van der Waals surface area contributed by atoms with E-state index < -0.39 is 0 Å². The molecular weight excluding hydrogens is 352 g/mol. The molecule has 0 unspecified atom stereocenters. The number of nitrogens with two attached hydrogens (primary N) is 1. The second-order valence-corrected chi connectivity index (χ2v) is 6.15. The molecule has 2 heterocycles. The van der Waals surface area contributed by atoms with E-state index in [1.54, 1.807) is 24.4 Å². The van der Waals surface area contributed by atoms with Crippen molar-refractivity contribution in [3.8, 4) is 0 Å². The van der Waals surface area contributed by atoms with Crippen LogP contribution < -0.4 is 16.5 Å². The van der Waals surface area contributed by atoms with Gasteiger partial charge in [0.05, 0.1) is 23.6 Å². The van der Waals surface area contributed by atoms with E-state index in [-0.39, 0.29) is 24.7 Å². The summed E-state index contributed by atoms with van der Waals surface area (Å²) in [5, 5.41) is 9.08. The highest BCUT2D eigenvalue weighted by Crippen LogP contribution is 2.11. The first-order valence-electron chi connectivity index (χ1n) is 6.85. The molecule has 8 nitrogen and oxygen atoms in total. The van der Waals surface area contributed by atoms with E-state index >= 15 is 0 Å². The maximum absolute atomic E-state index is 11.8. The number of nitrogen functional groups attached to an aromatic ring is 1. The van der Waals surface area contributed by atoms with E-state index in [0.29, 0.717) is 27.4 Å². The number of thiazole rings is 1. The molecule has 126 valence electrons. The number of hydrogen-bond donors (Lipinski definition) is 3. The number of rotatable bonds is 6. The Balaban J connectivity index is 1.79. The molecule has 4 N–H and O–H groups in total. The molecule has 0 saturated heterocycles. The number of hydrazone groups is 1. The molecule has 0 radical (unpaired) electrons. The fraction of sp³-hybridized carbons (Fsp3) is 0.214. The Kier molecular flexibility index (Phi) is 6.21. The van der Waals surface area contributed by atoms with Gasteiger partial charge in [-0.1, -0.05) is 11.6 Å². The summed E-state index contributed by atoms with van der Waals surface area (Å²) in [4.78, 5) is 31.5. The summed E-state index contributed by atoms with van der Waals surface area (Å²) in [6, 6.07) is 3.21. The van der Waals surface area contributed by atoms with Crippen molar-refractivity contribution in [2.45, 2.75) is 19.8 Å². The molecule has 2 amide bonds. The summed E-state index contributed by atoms with van der Waals surface area (Å²) in [6.07, 6.45) is 1.53. The second kappa shape index (κ2) is 8.37. The highest BCUT2D eigenvalue weighted by Gasteiger charge is 2.08. The highest BCUT2D eigenvalue weighted by molar-refractivity contribution is 7.13. The van der Waals surface area contributed by atoms with E-state index in [1.807, 2.05) is 0 Å². The molecule has 10 heteroatoms. The number of carbonyl (C=O) groups is 2.